The third-order valence-corrected chi connectivity index (χ3v) is 4.18. The predicted octanol–water partition coefficient (Wildman–Crippen LogP) is 5.15. The van der Waals surface area contributed by atoms with Crippen molar-refractivity contribution in [2.75, 3.05) is 5.73 Å². The summed E-state index contributed by atoms with van der Waals surface area (Å²) in [6.45, 7) is 4.24. The highest BCUT2D eigenvalue weighted by atomic mass is 79.9. The summed E-state index contributed by atoms with van der Waals surface area (Å²) >= 11 is 9.91. The maximum atomic E-state index is 6.40. The number of aromatic nitrogens is 2. The Morgan fingerprint density at radius 2 is 1.95 bits per heavy atom. The largest absolute Gasteiger partial charge is 0.399 e. The Bertz CT molecular complexity index is 824. The molecule has 0 aliphatic rings. The van der Waals surface area contributed by atoms with Gasteiger partial charge in [-0.05, 0) is 36.4 Å². The van der Waals surface area contributed by atoms with Crippen molar-refractivity contribution in [3.63, 3.8) is 0 Å². The summed E-state index contributed by atoms with van der Waals surface area (Å²) in [5.74, 6) is 1.24. The molecule has 1 heterocycles. The summed E-state index contributed by atoms with van der Waals surface area (Å²) in [5.41, 5.74) is 9.39. The van der Waals surface area contributed by atoms with Crippen LogP contribution in [-0.4, -0.2) is 9.55 Å². The molecular weight excluding hydrogens is 350 g/mol. The number of anilines is 1. The van der Waals surface area contributed by atoms with E-state index in [1.54, 1.807) is 0 Å². The van der Waals surface area contributed by atoms with Crippen LogP contribution in [0.1, 0.15) is 25.6 Å². The van der Waals surface area contributed by atoms with E-state index in [0.29, 0.717) is 10.7 Å². The molecule has 0 radical (unpaired) electrons. The van der Waals surface area contributed by atoms with Crippen LogP contribution >= 0.6 is 27.5 Å². The number of nitrogen functional groups attached to an aromatic ring is 1. The monoisotopic (exact) mass is 363 g/mol. The van der Waals surface area contributed by atoms with E-state index in [0.717, 1.165) is 27.0 Å². The van der Waals surface area contributed by atoms with Crippen molar-refractivity contribution in [2.24, 2.45) is 0 Å². The van der Waals surface area contributed by atoms with Gasteiger partial charge in [0.2, 0.25) is 0 Å². The van der Waals surface area contributed by atoms with Gasteiger partial charge in [-0.2, -0.15) is 0 Å². The zero-order valence-corrected chi connectivity index (χ0v) is 14.1. The summed E-state index contributed by atoms with van der Waals surface area (Å²) in [7, 11) is 0. The number of nitrogens with two attached hydrogens (primary N) is 1. The van der Waals surface area contributed by atoms with E-state index in [-0.39, 0.29) is 5.92 Å². The molecule has 3 aromatic rings. The fourth-order valence-electron chi connectivity index (χ4n) is 2.41. The van der Waals surface area contributed by atoms with Crippen molar-refractivity contribution >= 4 is 44.3 Å². The first-order valence-electron chi connectivity index (χ1n) is 6.70. The highest BCUT2D eigenvalue weighted by Crippen LogP contribution is 2.32. The van der Waals surface area contributed by atoms with Gasteiger partial charge in [0.15, 0.2) is 0 Å². The minimum atomic E-state index is 0.272. The van der Waals surface area contributed by atoms with Gasteiger partial charge in [-0.1, -0.05) is 41.4 Å². The molecule has 2 aromatic carbocycles. The Labute approximate surface area is 136 Å². The van der Waals surface area contributed by atoms with E-state index in [4.69, 9.17) is 22.3 Å². The molecule has 0 aliphatic heterocycles. The average Bonchev–Trinajstić information content (AvgIpc) is 2.80. The third-order valence-electron chi connectivity index (χ3n) is 3.37. The van der Waals surface area contributed by atoms with Crippen LogP contribution in [0.4, 0.5) is 5.69 Å². The molecule has 0 atom stereocenters. The van der Waals surface area contributed by atoms with Gasteiger partial charge in [0.05, 0.1) is 21.7 Å². The predicted molar refractivity (Wildman–Crippen MR) is 92.3 cm³/mol. The zero-order valence-electron chi connectivity index (χ0n) is 11.8. The smallest absolute Gasteiger partial charge is 0.117 e. The maximum absolute atomic E-state index is 6.40. The fraction of sp³-hybridized carbons (Fsp3) is 0.188. The van der Waals surface area contributed by atoms with E-state index in [2.05, 4.69) is 34.3 Å². The highest BCUT2D eigenvalue weighted by Gasteiger charge is 2.17. The van der Waals surface area contributed by atoms with Crippen molar-refractivity contribution < 1.29 is 0 Å². The molecule has 2 N–H and O–H groups in total. The number of nitrogens with zero attached hydrogens (tertiary/aromatic N) is 2. The Hall–Kier alpha value is -1.52. The quantitative estimate of drug-likeness (QED) is 0.639. The number of halogens is 2. The van der Waals surface area contributed by atoms with Gasteiger partial charge < -0.3 is 5.73 Å². The maximum Gasteiger partial charge on any atom is 0.117 e. The number of imidazole rings is 1. The molecule has 5 heteroatoms. The summed E-state index contributed by atoms with van der Waals surface area (Å²) in [5, 5.41) is 0.691. The van der Waals surface area contributed by atoms with Crippen LogP contribution in [0.25, 0.3) is 16.7 Å². The lowest BCUT2D eigenvalue weighted by molar-refractivity contribution is 0.760. The Morgan fingerprint density at radius 1 is 1.19 bits per heavy atom. The third kappa shape index (κ3) is 2.54. The molecule has 0 bridgehead atoms. The number of hydrogen-bond acceptors (Lipinski definition) is 2. The second kappa shape index (κ2) is 5.35. The van der Waals surface area contributed by atoms with Crippen molar-refractivity contribution in [1.82, 2.24) is 9.55 Å². The van der Waals surface area contributed by atoms with Crippen molar-refractivity contribution in [3.8, 4) is 5.69 Å². The van der Waals surface area contributed by atoms with E-state index < -0.39 is 0 Å². The normalized spacial score (nSPS) is 11.5. The van der Waals surface area contributed by atoms with Crippen molar-refractivity contribution in [2.45, 2.75) is 19.8 Å². The minimum Gasteiger partial charge on any atom is -0.399 e. The number of fused-ring (bicyclic) bond motifs is 1. The first-order valence-corrected chi connectivity index (χ1v) is 7.88. The standard InChI is InChI=1S/C16H15BrClN3/c1-9(2)16-20-13-8-11(19)4-6-14(13)21(16)15-7-10(17)3-5-12(15)18/h3-9H,19H2,1-2H3. The SMILES string of the molecule is CC(C)c1nc2cc(N)ccc2n1-c1cc(Br)ccc1Cl. The molecule has 0 unspecified atom stereocenters. The summed E-state index contributed by atoms with van der Waals surface area (Å²) in [6.07, 6.45) is 0. The minimum absolute atomic E-state index is 0.272. The molecule has 21 heavy (non-hydrogen) atoms. The highest BCUT2D eigenvalue weighted by molar-refractivity contribution is 9.10. The number of rotatable bonds is 2. The summed E-state index contributed by atoms with van der Waals surface area (Å²) < 4.78 is 3.08. The Balaban J connectivity index is 2.39. The molecule has 108 valence electrons. The summed E-state index contributed by atoms with van der Waals surface area (Å²) in [4.78, 5) is 4.73. The molecule has 0 amide bonds. The first-order chi connectivity index (χ1) is 9.97. The topological polar surface area (TPSA) is 43.8 Å². The van der Waals surface area contributed by atoms with Crippen molar-refractivity contribution in [1.29, 1.82) is 0 Å². The number of benzene rings is 2. The van der Waals surface area contributed by atoms with E-state index >= 15 is 0 Å². The molecular formula is C16H15BrClN3. The van der Waals surface area contributed by atoms with Crippen LogP contribution in [0.2, 0.25) is 5.02 Å². The van der Waals surface area contributed by atoms with Gasteiger partial charge >= 0.3 is 0 Å². The van der Waals surface area contributed by atoms with E-state index in [1.807, 2.05) is 36.4 Å². The Morgan fingerprint density at radius 3 is 2.67 bits per heavy atom. The molecule has 0 saturated carbocycles. The zero-order chi connectivity index (χ0) is 15.1. The van der Waals surface area contributed by atoms with Gasteiger partial charge in [-0.3, -0.25) is 4.57 Å². The van der Waals surface area contributed by atoms with Gasteiger partial charge in [0.1, 0.15) is 5.82 Å². The molecule has 1 aromatic heterocycles. The van der Waals surface area contributed by atoms with E-state index in [1.165, 1.54) is 0 Å². The molecule has 0 spiro atoms. The average molecular weight is 365 g/mol. The molecule has 3 rings (SSSR count). The fourth-order valence-corrected chi connectivity index (χ4v) is 2.96. The molecule has 3 nitrogen and oxygen atoms in total. The summed E-state index contributed by atoms with van der Waals surface area (Å²) in [6, 6.07) is 11.6. The molecule has 0 aliphatic carbocycles. The second-order valence-electron chi connectivity index (χ2n) is 5.30. The molecule has 0 fully saturated rings. The first kappa shape index (κ1) is 14.4. The van der Waals surface area contributed by atoms with Crippen LogP contribution in [0.5, 0.6) is 0 Å². The van der Waals surface area contributed by atoms with Crippen LogP contribution in [0.3, 0.4) is 0 Å². The van der Waals surface area contributed by atoms with Gasteiger partial charge in [-0.15, -0.1) is 0 Å². The second-order valence-corrected chi connectivity index (χ2v) is 6.63. The molecule has 0 saturated heterocycles. The van der Waals surface area contributed by atoms with Gasteiger partial charge in [0.25, 0.3) is 0 Å². The lowest BCUT2D eigenvalue weighted by Gasteiger charge is -2.13. The van der Waals surface area contributed by atoms with Gasteiger partial charge in [-0.25, -0.2) is 4.98 Å². The number of hydrogen-bond donors (Lipinski definition) is 1. The lowest BCUT2D eigenvalue weighted by Crippen LogP contribution is -2.03. The van der Waals surface area contributed by atoms with Crippen LogP contribution in [-0.2, 0) is 0 Å². The Kier molecular flexibility index (Phi) is 3.68. The van der Waals surface area contributed by atoms with Gasteiger partial charge in [0, 0.05) is 16.1 Å². The van der Waals surface area contributed by atoms with E-state index in [9.17, 15) is 0 Å². The van der Waals surface area contributed by atoms with Crippen molar-refractivity contribution in [3.05, 3.63) is 51.7 Å². The van der Waals surface area contributed by atoms with Crippen LogP contribution in [0.15, 0.2) is 40.9 Å². The van der Waals surface area contributed by atoms with Crippen LogP contribution < -0.4 is 5.73 Å². The van der Waals surface area contributed by atoms with Crippen LogP contribution in [0, 0.1) is 0 Å². The lowest BCUT2D eigenvalue weighted by atomic mass is 10.2.